The molecule has 7 unspecified atom stereocenters. The van der Waals surface area contributed by atoms with Crippen LogP contribution in [0.2, 0.25) is 0 Å². The molecule has 12 heteroatoms. The highest BCUT2D eigenvalue weighted by Gasteiger charge is 2.59. The Morgan fingerprint density at radius 1 is 0.765 bits per heavy atom. The Balaban J connectivity index is -0.000000146. The third-order valence-corrected chi connectivity index (χ3v) is 9.29. The van der Waals surface area contributed by atoms with Crippen molar-refractivity contribution in [2.75, 3.05) is 13.2 Å². The third kappa shape index (κ3) is 19.1. The monoisotopic (exact) mass is 751 g/mol. The van der Waals surface area contributed by atoms with E-state index in [1.807, 2.05) is 20.8 Å². The van der Waals surface area contributed by atoms with Gasteiger partial charge in [0.25, 0.3) is 0 Å². The molecule has 51 heavy (non-hydrogen) atoms. The molecule has 0 amide bonds. The van der Waals surface area contributed by atoms with Crippen LogP contribution in [0.25, 0.3) is 0 Å². The summed E-state index contributed by atoms with van der Waals surface area (Å²) >= 11 is 0. The molecule has 7 atom stereocenters. The number of alkyl halides is 3. The largest absolute Gasteiger partial charge is 0.463 e. The van der Waals surface area contributed by atoms with Gasteiger partial charge in [-0.15, -0.1) is 0 Å². The van der Waals surface area contributed by atoms with E-state index < -0.39 is 35.9 Å². The zero-order valence-corrected chi connectivity index (χ0v) is 28.4. The average molecular weight is 751 g/mol. The van der Waals surface area contributed by atoms with Crippen molar-refractivity contribution < 1.29 is 57.1 Å². The molecule has 4 bridgehead atoms. The Bertz CT molecular complexity index is 941. The topological polar surface area (TPSA) is 140 Å². The molecular weight excluding hydrogens is 669 g/mol. The number of hydrogen-bond acceptors (Lipinski definition) is 9. The second-order valence-electron chi connectivity index (χ2n) is 13.8. The van der Waals surface area contributed by atoms with E-state index in [0.29, 0.717) is 31.6 Å². The first kappa shape index (κ1) is 61.1. The summed E-state index contributed by atoms with van der Waals surface area (Å²) in [7, 11) is 0. The van der Waals surface area contributed by atoms with E-state index >= 15 is 0 Å². The van der Waals surface area contributed by atoms with Crippen molar-refractivity contribution in [2.24, 2.45) is 29.6 Å². The molecule has 4 rings (SSSR count). The average Bonchev–Trinajstić information content (AvgIpc) is 2.92. The number of aliphatic hydroxyl groups excluding tert-OH is 1. The lowest BCUT2D eigenvalue weighted by Crippen LogP contribution is -2.60. The molecule has 0 aromatic rings. The number of carbonyl (C=O) groups excluding carboxylic acids is 3. The lowest BCUT2D eigenvalue weighted by molar-refractivity contribution is -0.261. The van der Waals surface area contributed by atoms with Crippen LogP contribution in [0.5, 0.6) is 0 Å². The minimum absolute atomic E-state index is 0. The SMILES string of the molecule is C.C.C.C.C.C.CCC(C)C(=O)OC(C)CC(C)(O)C(F)(F)F.CCC(C)C(=O)OC12CC3CC(CC(O)(C3)C1)C2.CCC(C)C(=O)OCCO. The van der Waals surface area contributed by atoms with Crippen molar-refractivity contribution >= 4 is 17.9 Å². The van der Waals surface area contributed by atoms with E-state index in [0.717, 1.165) is 38.5 Å². The molecule has 0 radical (unpaired) electrons. The fraction of sp³-hybridized carbons (Fsp3) is 0.923. The smallest absolute Gasteiger partial charge is 0.417 e. The van der Waals surface area contributed by atoms with Crippen LogP contribution in [0.4, 0.5) is 13.2 Å². The van der Waals surface area contributed by atoms with Crippen LogP contribution >= 0.6 is 0 Å². The summed E-state index contributed by atoms with van der Waals surface area (Å²) in [5, 5.41) is 28.1. The Hall–Kier alpha value is -1.92. The van der Waals surface area contributed by atoms with Gasteiger partial charge in [-0.1, -0.05) is 86.1 Å². The number of hydrogen-bond donors (Lipinski definition) is 3. The van der Waals surface area contributed by atoms with Crippen molar-refractivity contribution in [3.63, 3.8) is 0 Å². The van der Waals surface area contributed by atoms with Crippen molar-refractivity contribution in [1.82, 2.24) is 0 Å². The fourth-order valence-corrected chi connectivity index (χ4v) is 6.38. The summed E-state index contributed by atoms with van der Waals surface area (Å²) in [6, 6.07) is 0. The van der Waals surface area contributed by atoms with Gasteiger partial charge in [-0.25, -0.2) is 0 Å². The molecule has 9 nitrogen and oxygen atoms in total. The molecule has 0 saturated heterocycles. The Labute approximate surface area is 310 Å². The van der Waals surface area contributed by atoms with Crippen molar-refractivity contribution in [3.8, 4) is 0 Å². The minimum Gasteiger partial charge on any atom is -0.463 e. The quantitative estimate of drug-likeness (QED) is 0.131. The number of aliphatic hydroxyl groups is 3. The fourth-order valence-electron chi connectivity index (χ4n) is 6.38. The molecule has 4 aliphatic rings. The van der Waals surface area contributed by atoms with Gasteiger partial charge < -0.3 is 29.5 Å². The highest BCUT2D eigenvalue weighted by atomic mass is 19.4. The first-order chi connectivity index (χ1) is 20.7. The maximum Gasteiger partial charge on any atom is 0.417 e. The van der Waals surface area contributed by atoms with Gasteiger partial charge in [-0.2, -0.15) is 13.2 Å². The van der Waals surface area contributed by atoms with Gasteiger partial charge in [0.15, 0.2) is 5.60 Å². The first-order valence-electron chi connectivity index (χ1n) is 16.4. The van der Waals surface area contributed by atoms with Crippen LogP contribution in [0.1, 0.15) is 164 Å². The summed E-state index contributed by atoms with van der Waals surface area (Å²) in [5.74, 6) is -0.118. The number of carbonyl (C=O) groups is 3. The summed E-state index contributed by atoms with van der Waals surface area (Å²) in [4.78, 5) is 34.2. The third-order valence-electron chi connectivity index (χ3n) is 9.29. The van der Waals surface area contributed by atoms with Crippen LogP contribution in [-0.2, 0) is 28.6 Å². The zero-order chi connectivity index (χ0) is 34.8. The number of ether oxygens (including phenoxy) is 3. The molecule has 0 spiro atoms. The van der Waals surface area contributed by atoms with Gasteiger partial charge in [-0.3, -0.25) is 14.4 Å². The highest BCUT2D eigenvalue weighted by molar-refractivity contribution is 5.73. The van der Waals surface area contributed by atoms with Crippen LogP contribution < -0.4 is 0 Å². The predicted molar refractivity (Wildman–Crippen MR) is 202 cm³/mol. The standard InChI is InChI=1S/C15H24O3.C11H19F3O3.C7H14O3.6CH4/c1-3-10(2)13(16)18-15-7-11-4-12(8-15)6-14(17,5-11)9-15;1-5-7(2)9(15)17-8(3)6-10(4,16)11(12,13)14;1-3-6(2)7(9)10-5-4-8;;;;;;/h10-12,17H,3-9H2,1-2H3;7-8,16H,5-6H2,1-4H3;6,8H,3-5H2,1-2H3;6*1H4. The molecule has 0 heterocycles. The van der Waals surface area contributed by atoms with E-state index in [1.165, 1.54) is 13.3 Å². The summed E-state index contributed by atoms with van der Waals surface area (Å²) in [6.07, 6.45) is 1.49. The van der Waals surface area contributed by atoms with E-state index in [1.54, 1.807) is 20.8 Å². The summed E-state index contributed by atoms with van der Waals surface area (Å²) in [5.41, 5.74) is -3.72. The molecule has 0 aromatic carbocycles. The Kier molecular flexibility index (Phi) is 31.1. The van der Waals surface area contributed by atoms with E-state index in [2.05, 4.69) is 4.74 Å². The first-order valence-corrected chi connectivity index (χ1v) is 16.4. The van der Waals surface area contributed by atoms with Gasteiger partial charge in [-0.05, 0) is 77.0 Å². The molecule has 4 saturated carbocycles. The lowest BCUT2D eigenvalue weighted by Gasteiger charge is -2.59. The maximum absolute atomic E-state index is 12.4. The van der Waals surface area contributed by atoms with Gasteiger partial charge in [0, 0.05) is 12.8 Å². The molecule has 3 N–H and O–H groups in total. The minimum atomic E-state index is -4.73. The number of rotatable bonds is 12. The van der Waals surface area contributed by atoms with Crippen LogP contribution in [0, 0.1) is 29.6 Å². The van der Waals surface area contributed by atoms with Crippen LogP contribution in [0.15, 0.2) is 0 Å². The number of halogens is 3. The second-order valence-corrected chi connectivity index (χ2v) is 13.8. The molecule has 0 aliphatic heterocycles. The predicted octanol–water partition coefficient (Wildman–Crippen LogP) is 9.71. The van der Waals surface area contributed by atoms with Crippen molar-refractivity contribution in [2.45, 2.75) is 193 Å². The van der Waals surface area contributed by atoms with E-state index in [4.69, 9.17) is 14.6 Å². The zero-order valence-electron chi connectivity index (χ0n) is 28.4. The van der Waals surface area contributed by atoms with Gasteiger partial charge in [0.05, 0.1) is 30.0 Å². The Morgan fingerprint density at radius 3 is 1.55 bits per heavy atom. The Morgan fingerprint density at radius 2 is 1.18 bits per heavy atom. The van der Waals surface area contributed by atoms with Gasteiger partial charge >= 0.3 is 24.1 Å². The van der Waals surface area contributed by atoms with Crippen molar-refractivity contribution in [1.29, 1.82) is 0 Å². The maximum atomic E-state index is 12.4. The normalized spacial score (nSPS) is 25.5. The van der Waals surface area contributed by atoms with Gasteiger partial charge in [0.2, 0.25) is 0 Å². The lowest BCUT2D eigenvalue weighted by atomic mass is 9.52. The van der Waals surface area contributed by atoms with E-state index in [-0.39, 0.29) is 93.1 Å². The summed E-state index contributed by atoms with van der Waals surface area (Å²) in [6.45, 7) is 13.1. The summed E-state index contributed by atoms with van der Waals surface area (Å²) < 4.78 is 52.5. The van der Waals surface area contributed by atoms with Crippen LogP contribution in [0.3, 0.4) is 0 Å². The molecule has 4 fully saturated rings. The second kappa shape index (κ2) is 26.0. The number of esters is 3. The molecule has 4 aliphatic carbocycles. The van der Waals surface area contributed by atoms with E-state index in [9.17, 15) is 37.8 Å². The molecule has 312 valence electrons. The molecule has 0 aromatic heterocycles. The van der Waals surface area contributed by atoms with Crippen LogP contribution in [-0.4, -0.2) is 75.5 Å². The van der Waals surface area contributed by atoms with Gasteiger partial charge in [0.1, 0.15) is 18.3 Å². The van der Waals surface area contributed by atoms with Crippen molar-refractivity contribution in [3.05, 3.63) is 0 Å². The molecular formula is C39H81F3O9. The highest BCUT2D eigenvalue weighted by Crippen LogP contribution is 2.59.